The third-order valence-electron chi connectivity index (χ3n) is 2.53. The summed E-state index contributed by atoms with van der Waals surface area (Å²) in [5, 5.41) is 6.08. The highest BCUT2D eigenvalue weighted by Gasteiger charge is 2.22. The molecule has 3 nitrogen and oxygen atoms in total. The largest absolute Gasteiger partial charge is 0.376 e. The van der Waals surface area contributed by atoms with Gasteiger partial charge in [-0.3, -0.25) is 4.79 Å². The molecule has 0 radical (unpaired) electrons. The molecule has 1 aliphatic rings. The van der Waals surface area contributed by atoms with Crippen LogP contribution in [0.5, 0.6) is 0 Å². The van der Waals surface area contributed by atoms with Crippen LogP contribution in [0.25, 0.3) is 0 Å². The second-order valence-electron chi connectivity index (χ2n) is 4.01. The summed E-state index contributed by atoms with van der Waals surface area (Å²) in [5.74, 6) is 0.0840. The van der Waals surface area contributed by atoms with Crippen LogP contribution in [0.3, 0.4) is 0 Å². The number of rotatable bonds is 4. The third-order valence-corrected chi connectivity index (χ3v) is 2.53. The van der Waals surface area contributed by atoms with Gasteiger partial charge in [0.25, 0.3) is 0 Å². The minimum absolute atomic E-state index is 0.0840. The Morgan fingerprint density at radius 3 is 2.80 bits per heavy atom. The number of carbonyl (C=O) groups excluding carboxylic acids is 1. The van der Waals surface area contributed by atoms with Crippen molar-refractivity contribution in [3.63, 3.8) is 0 Å². The average molecular weight is 204 g/mol. The Bertz CT molecular complexity index is 358. The van der Waals surface area contributed by atoms with Gasteiger partial charge in [-0.15, -0.1) is 0 Å². The van der Waals surface area contributed by atoms with Gasteiger partial charge < -0.3 is 10.6 Å². The maximum atomic E-state index is 11.4. The first-order valence-corrected chi connectivity index (χ1v) is 5.34. The molecular formula is C12H16N2O. The summed E-state index contributed by atoms with van der Waals surface area (Å²) in [6, 6.07) is 8.41. The molecule has 1 aromatic rings. The van der Waals surface area contributed by atoms with E-state index in [1.54, 1.807) is 0 Å². The molecule has 0 aromatic heterocycles. The summed E-state index contributed by atoms with van der Waals surface area (Å²) in [6.07, 6.45) is 2.27. The van der Waals surface area contributed by atoms with Crippen molar-refractivity contribution >= 4 is 11.6 Å². The molecule has 2 N–H and O–H groups in total. The zero-order valence-corrected chi connectivity index (χ0v) is 8.92. The van der Waals surface area contributed by atoms with Crippen molar-refractivity contribution < 1.29 is 4.79 Å². The molecule has 1 aliphatic carbocycles. The quantitative estimate of drug-likeness (QED) is 0.783. The summed E-state index contributed by atoms with van der Waals surface area (Å²) >= 11 is 0. The zero-order chi connectivity index (χ0) is 10.7. The molecule has 3 heteroatoms. The minimum atomic E-state index is 0.0840. The smallest absolute Gasteiger partial charge is 0.239 e. The Morgan fingerprint density at radius 2 is 2.13 bits per heavy atom. The number of para-hydroxylation sites is 1. The van der Waals surface area contributed by atoms with Crippen LogP contribution in [-0.4, -0.2) is 18.5 Å². The van der Waals surface area contributed by atoms with Crippen molar-refractivity contribution in [2.45, 2.75) is 25.8 Å². The SMILES string of the molecule is Cc1ccccc1NCC(=O)NC1CC1. The number of hydrogen-bond donors (Lipinski definition) is 2. The van der Waals surface area contributed by atoms with Gasteiger partial charge in [-0.2, -0.15) is 0 Å². The second-order valence-corrected chi connectivity index (χ2v) is 4.01. The van der Waals surface area contributed by atoms with Gasteiger partial charge >= 0.3 is 0 Å². The fourth-order valence-corrected chi connectivity index (χ4v) is 1.45. The lowest BCUT2D eigenvalue weighted by molar-refractivity contribution is -0.119. The van der Waals surface area contributed by atoms with E-state index < -0.39 is 0 Å². The van der Waals surface area contributed by atoms with Gasteiger partial charge in [0.15, 0.2) is 0 Å². The van der Waals surface area contributed by atoms with E-state index >= 15 is 0 Å². The van der Waals surface area contributed by atoms with Crippen LogP contribution in [0.15, 0.2) is 24.3 Å². The Labute approximate surface area is 89.9 Å². The molecule has 0 bridgehead atoms. The lowest BCUT2D eigenvalue weighted by Crippen LogP contribution is -2.31. The zero-order valence-electron chi connectivity index (χ0n) is 8.92. The highest BCUT2D eigenvalue weighted by atomic mass is 16.2. The van der Waals surface area contributed by atoms with Crippen LogP contribution in [0.1, 0.15) is 18.4 Å². The maximum absolute atomic E-state index is 11.4. The molecule has 80 valence electrons. The highest BCUT2D eigenvalue weighted by molar-refractivity contribution is 5.81. The molecule has 0 heterocycles. The summed E-state index contributed by atoms with van der Waals surface area (Å²) in [6.45, 7) is 2.39. The lowest BCUT2D eigenvalue weighted by atomic mass is 10.2. The van der Waals surface area contributed by atoms with Gasteiger partial charge in [0.1, 0.15) is 0 Å². The predicted octanol–water partition coefficient (Wildman–Crippen LogP) is 1.69. The molecule has 0 aliphatic heterocycles. The molecule has 0 saturated heterocycles. The van der Waals surface area contributed by atoms with Crippen molar-refractivity contribution in [3.05, 3.63) is 29.8 Å². The van der Waals surface area contributed by atoms with Gasteiger partial charge in [0, 0.05) is 11.7 Å². The van der Waals surface area contributed by atoms with Crippen molar-refractivity contribution in [2.75, 3.05) is 11.9 Å². The van der Waals surface area contributed by atoms with Crippen molar-refractivity contribution in [2.24, 2.45) is 0 Å². The molecule has 2 rings (SSSR count). The average Bonchev–Trinajstić information content (AvgIpc) is 3.00. The number of anilines is 1. The first kappa shape index (κ1) is 10.0. The molecule has 1 fully saturated rings. The van der Waals surface area contributed by atoms with Gasteiger partial charge in [-0.1, -0.05) is 18.2 Å². The number of carbonyl (C=O) groups is 1. The molecule has 1 amide bonds. The van der Waals surface area contributed by atoms with Gasteiger partial charge in [0.05, 0.1) is 6.54 Å². The number of aryl methyl sites for hydroxylation is 1. The van der Waals surface area contributed by atoms with E-state index in [0.29, 0.717) is 12.6 Å². The van der Waals surface area contributed by atoms with E-state index in [9.17, 15) is 4.79 Å². The number of nitrogens with one attached hydrogen (secondary N) is 2. The first-order chi connectivity index (χ1) is 7.25. The monoisotopic (exact) mass is 204 g/mol. The topological polar surface area (TPSA) is 41.1 Å². The van der Waals surface area contributed by atoms with Crippen LogP contribution in [-0.2, 0) is 4.79 Å². The fraction of sp³-hybridized carbons (Fsp3) is 0.417. The maximum Gasteiger partial charge on any atom is 0.239 e. The standard InChI is InChI=1S/C12H16N2O/c1-9-4-2-3-5-11(9)13-8-12(15)14-10-6-7-10/h2-5,10,13H,6-8H2,1H3,(H,14,15). The third kappa shape index (κ3) is 2.98. The van der Waals surface area contributed by atoms with E-state index in [-0.39, 0.29) is 5.91 Å². The predicted molar refractivity (Wildman–Crippen MR) is 60.8 cm³/mol. The van der Waals surface area contributed by atoms with Crippen LogP contribution in [0.4, 0.5) is 5.69 Å². The van der Waals surface area contributed by atoms with Crippen molar-refractivity contribution in [1.29, 1.82) is 0 Å². The van der Waals surface area contributed by atoms with Gasteiger partial charge in [-0.25, -0.2) is 0 Å². The van der Waals surface area contributed by atoms with Crippen molar-refractivity contribution in [3.8, 4) is 0 Å². The van der Waals surface area contributed by atoms with E-state index in [2.05, 4.69) is 10.6 Å². The van der Waals surface area contributed by atoms with Crippen LogP contribution in [0, 0.1) is 6.92 Å². The Morgan fingerprint density at radius 1 is 1.40 bits per heavy atom. The number of benzene rings is 1. The lowest BCUT2D eigenvalue weighted by Gasteiger charge is -2.09. The van der Waals surface area contributed by atoms with E-state index in [1.807, 2.05) is 31.2 Å². The molecular weight excluding hydrogens is 188 g/mol. The van der Waals surface area contributed by atoms with Crippen LogP contribution < -0.4 is 10.6 Å². The van der Waals surface area contributed by atoms with Gasteiger partial charge in [-0.05, 0) is 31.4 Å². The summed E-state index contributed by atoms with van der Waals surface area (Å²) < 4.78 is 0. The summed E-state index contributed by atoms with van der Waals surface area (Å²) in [7, 11) is 0. The fourth-order valence-electron chi connectivity index (χ4n) is 1.45. The van der Waals surface area contributed by atoms with Crippen LogP contribution in [0.2, 0.25) is 0 Å². The normalized spacial score (nSPS) is 14.7. The molecule has 0 spiro atoms. The minimum Gasteiger partial charge on any atom is -0.376 e. The molecule has 0 atom stereocenters. The number of hydrogen-bond acceptors (Lipinski definition) is 2. The molecule has 1 saturated carbocycles. The number of amides is 1. The molecule has 15 heavy (non-hydrogen) atoms. The summed E-state index contributed by atoms with van der Waals surface area (Å²) in [4.78, 5) is 11.4. The van der Waals surface area contributed by atoms with E-state index in [4.69, 9.17) is 0 Å². The van der Waals surface area contributed by atoms with E-state index in [0.717, 1.165) is 24.1 Å². The molecule has 0 unspecified atom stereocenters. The summed E-state index contributed by atoms with van der Waals surface area (Å²) in [5.41, 5.74) is 2.19. The van der Waals surface area contributed by atoms with Crippen molar-refractivity contribution in [1.82, 2.24) is 5.32 Å². The highest BCUT2D eigenvalue weighted by Crippen LogP contribution is 2.18. The second kappa shape index (κ2) is 4.34. The Hall–Kier alpha value is -1.51. The Kier molecular flexibility index (Phi) is 2.90. The Balaban J connectivity index is 1.81. The first-order valence-electron chi connectivity index (χ1n) is 5.34. The van der Waals surface area contributed by atoms with E-state index in [1.165, 1.54) is 0 Å². The van der Waals surface area contributed by atoms with Gasteiger partial charge in [0.2, 0.25) is 5.91 Å². The van der Waals surface area contributed by atoms with Crippen LogP contribution >= 0.6 is 0 Å². The molecule has 1 aromatic carbocycles.